The quantitative estimate of drug-likeness (QED) is 0.744. The summed E-state index contributed by atoms with van der Waals surface area (Å²) in [4.78, 5) is 30.0. The number of aromatic nitrogens is 1. The van der Waals surface area contributed by atoms with Gasteiger partial charge in [0.2, 0.25) is 11.8 Å². The number of thiazole rings is 1. The number of amides is 2. The Morgan fingerprint density at radius 2 is 2.19 bits per heavy atom. The largest absolute Gasteiger partial charge is 0.458 e. The zero-order valence-corrected chi connectivity index (χ0v) is 16.0. The number of furan rings is 1. The average Bonchev–Trinajstić information content (AvgIpc) is 3.30. The van der Waals surface area contributed by atoms with Crippen molar-refractivity contribution in [2.24, 2.45) is 5.92 Å². The molecule has 1 aliphatic heterocycles. The summed E-state index contributed by atoms with van der Waals surface area (Å²) in [7, 11) is 0. The van der Waals surface area contributed by atoms with E-state index >= 15 is 0 Å². The SMILES string of the molecule is C#CCN1CCC(C(=O)Nc2nc(-c3ccc(CNC(C)=O)o3)cs2)CC1. The smallest absolute Gasteiger partial charge is 0.229 e. The Bertz CT molecular complexity index is 843. The monoisotopic (exact) mass is 386 g/mol. The van der Waals surface area contributed by atoms with Crippen molar-refractivity contribution in [3.8, 4) is 23.8 Å². The van der Waals surface area contributed by atoms with E-state index in [1.165, 1.54) is 18.3 Å². The van der Waals surface area contributed by atoms with Gasteiger partial charge in [-0.25, -0.2) is 4.98 Å². The minimum absolute atomic E-state index is 0.00190. The minimum atomic E-state index is -0.114. The van der Waals surface area contributed by atoms with Crippen LogP contribution >= 0.6 is 11.3 Å². The molecule has 8 heteroatoms. The van der Waals surface area contributed by atoms with E-state index in [-0.39, 0.29) is 17.7 Å². The van der Waals surface area contributed by atoms with Gasteiger partial charge in [-0.05, 0) is 38.1 Å². The van der Waals surface area contributed by atoms with Crippen molar-refractivity contribution in [2.45, 2.75) is 26.3 Å². The zero-order chi connectivity index (χ0) is 19.2. The molecule has 1 aliphatic rings. The number of hydrogen-bond acceptors (Lipinski definition) is 6. The number of hydrogen-bond donors (Lipinski definition) is 2. The molecule has 1 fully saturated rings. The maximum Gasteiger partial charge on any atom is 0.229 e. The third kappa shape index (κ3) is 5.18. The van der Waals surface area contributed by atoms with E-state index in [2.05, 4.69) is 26.4 Å². The first-order chi connectivity index (χ1) is 13.0. The number of nitrogens with one attached hydrogen (secondary N) is 2. The maximum absolute atomic E-state index is 12.5. The summed E-state index contributed by atoms with van der Waals surface area (Å²) < 4.78 is 5.68. The van der Waals surface area contributed by atoms with E-state index < -0.39 is 0 Å². The van der Waals surface area contributed by atoms with Crippen LogP contribution in [0.15, 0.2) is 21.9 Å². The third-order valence-corrected chi connectivity index (χ3v) is 5.19. The molecule has 0 bridgehead atoms. The average molecular weight is 386 g/mol. The Kier molecular flexibility index (Phi) is 6.27. The molecule has 1 saturated heterocycles. The first kappa shape index (κ1) is 19.1. The van der Waals surface area contributed by atoms with Gasteiger partial charge in [-0.2, -0.15) is 0 Å². The van der Waals surface area contributed by atoms with Gasteiger partial charge < -0.3 is 15.1 Å². The molecule has 0 atom stereocenters. The highest BCUT2D eigenvalue weighted by Crippen LogP contribution is 2.27. The molecule has 0 aliphatic carbocycles. The molecule has 0 radical (unpaired) electrons. The maximum atomic E-state index is 12.5. The van der Waals surface area contributed by atoms with Gasteiger partial charge in [0, 0.05) is 18.2 Å². The van der Waals surface area contributed by atoms with E-state index in [1.807, 2.05) is 5.38 Å². The number of carbonyl (C=O) groups is 2. The van der Waals surface area contributed by atoms with Crippen LogP contribution in [-0.4, -0.2) is 41.3 Å². The van der Waals surface area contributed by atoms with Crippen molar-refractivity contribution in [1.82, 2.24) is 15.2 Å². The Balaban J connectivity index is 1.54. The fraction of sp³-hybridized carbons (Fsp3) is 0.421. The second-order valence-electron chi connectivity index (χ2n) is 6.46. The third-order valence-electron chi connectivity index (χ3n) is 4.43. The Hall–Kier alpha value is -2.63. The van der Waals surface area contributed by atoms with Gasteiger partial charge in [-0.3, -0.25) is 14.5 Å². The van der Waals surface area contributed by atoms with Crippen molar-refractivity contribution in [1.29, 1.82) is 0 Å². The molecule has 0 unspecified atom stereocenters. The summed E-state index contributed by atoms with van der Waals surface area (Å²) in [5, 5.41) is 7.99. The van der Waals surface area contributed by atoms with Gasteiger partial charge in [0.05, 0.1) is 13.1 Å². The molecule has 7 nitrogen and oxygen atoms in total. The Labute approximate surface area is 162 Å². The number of piperidine rings is 1. The van der Waals surface area contributed by atoms with Crippen molar-refractivity contribution in [3.63, 3.8) is 0 Å². The van der Waals surface area contributed by atoms with Crippen LogP contribution in [0.25, 0.3) is 11.5 Å². The Morgan fingerprint density at radius 3 is 2.89 bits per heavy atom. The van der Waals surface area contributed by atoms with Crippen LogP contribution in [0, 0.1) is 18.3 Å². The molecule has 2 amide bonds. The van der Waals surface area contributed by atoms with Crippen molar-refractivity contribution >= 4 is 28.3 Å². The summed E-state index contributed by atoms with van der Waals surface area (Å²) in [5.41, 5.74) is 0.660. The number of rotatable bonds is 6. The van der Waals surface area contributed by atoms with Crippen LogP contribution in [0.2, 0.25) is 0 Å². The molecule has 0 spiro atoms. The van der Waals surface area contributed by atoms with E-state index in [1.54, 1.807) is 12.1 Å². The fourth-order valence-corrected chi connectivity index (χ4v) is 3.66. The fourth-order valence-electron chi connectivity index (χ4n) is 2.96. The van der Waals surface area contributed by atoms with Crippen molar-refractivity contribution in [2.75, 3.05) is 25.0 Å². The standard InChI is InChI=1S/C19H22N4O3S/c1-3-8-23-9-6-14(7-10-23)18(25)22-19-21-16(12-27-19)17-5-4-15(26-17)11-20-13(2)24/h1,4-5,12,14H,6-11H2,2H3,(H,20,24)(H,21,22,25). The molecular weight excluding hydrogens is 364 g/mol. The number of anilines is 1. The number of terminal acetylenes is 1. The lowest BCUT2D eigenvalue weighted by atomic mass is 9.96. The van der Waals surface area contributed by atoms with Gasteiger partial charge in [-0.15, -0.1) is 17.8 Å². The van der Waals surface area contributed by atoms with E-state index in [0.29, 0.717) is 35.4 Å². The predicted octanol–water partition coefficient (Wildman–Crippen LogP) is 2.32. The normalized spacial score (nSPS) is 15.3. The van der Waals surface area contributed by atoms with Gasteiger partial charge in [0.15, 0.2) is 10.9 Å². The lowest BCUT2D eigenvalue weighted by Crippen LogP contribution is -2.38. The highest BCUT2D eigenvalue weighted by molar-refractivity contribution is 7.14. The first-order valence-electron chi connectivity index (χ1n) is 8.81. The number of likely N-dealkylation sites (tertiary alicyclic amines) is 1. The predicted molar refractivity (Wildman–Crippen MR) is 104 cm³/mol. The van der Waals surface area contributed by atoms with Crippen LogP contribution in [0.3, 0.4) is 0 Å². The van der Waals surface area contributed by atoms with Gasteiger partial charge in [0.25, 0.3) is 0 Å². The lowest BCUT2D eigenvalue weighted by molar-refractivity contribution is -0.121. The van der Waals surface area contributed by atoms with Crippen LogP contribution in [0.5, 0.6) is 0 Å². The number of carbonyl (C=O) groups excluding carboxylic acids is 2. The number of nitrogens with zero attached hydrogens (tertiary/aromatic N) is 2. The van der Waals surface area contributed by atoms with E-state index in [4.69, 9.17) is 10.8 Å². The zero-order valence-electron chi connectivity index (χ0n) is 15.2. The summed E-state index contributed by atoms with van der Waals surface area (Å²) in [6, 6.07) is 3.60. The molecule has 27 heavy (non-hydrogen) atoms. The molecular formula is C19H22N4O3S. The summed E-state index contributed by atoms with van der Waals surface area (Å²) in [6.45, 7) is 4.11. The molecule has 2 aromatic rings. The topological polar surface area (TPSA) is 87.5 Å². The highest BCUT2D eigenvalue weighted by Gasteiger charge is 2.25. The second-order valence-corrected chi connectivity index (χ2v) is 7.32. The van der Waals surface area contributed by atoms with Gasteiger partial charge in [0.1, 0.15) is 11.5 Å². The van der Waals surface area contributed by atoms with Gasteiger partial charge >= 0.3 is 0 Å². The van der Waals surface area contributed by atoms with Crippen LogP contribution in [0.1, 0.15) is 25.5 Å². The van der Waals surface area contributed by atoms with E-state index in [9.17, 15) is 9.59 Å². The molecule has 2 aromatic heterocycles. The molecule has 142 valence electrons. The van der Waals surface area contributed by atoms with Crippen LogP contribution in [0.4, 0.5) is 5.13 Å². The van der Waals surface area contributed by atoms with E-state index in [0.717, 1.165) is 25.9 Å². The summed E-state index contributed by atoms with van der Waals surface area (Å²) >= 11 is 1.36. The van der Waals surface area contributed by atoms with Crippen LogP contribution in [-0.2, 0) is 16.1 Å². The van der Waals surface area contributed by atoms with Crippen molar-refractivity contribution < 1.29 is 14.0 Å². The molecule has 3 rings (SSSR count). The second kappa shape index (κ2) is 8.84. The highest BCUT2D eigenvalue weighted by atomic mass is 32.1. The first-order valence-corrected chi connectivity index (χ1v) is 9.69. The minimum Gasteiger partial charge on any atom is -0.458 e. The Morgan fingerprint density at radius 1 is 1.41 bits per heavy atom. The lowest BCUT2D eigenvalue weighted by Gasteiger charge is -2.29. The van der Waals surface area contributed by atoms with Crippen LogP contribution < -0.4 is 10.6 Å². The summed E-state index contributed by atoms with van der Waals surface area (Å²) in [6.07, 6.45) is 6.94. The van der Waals surface area contributed by atoms with Crippen molar-refractivity contribution in [3.05, 3.63) is 23.3 Å². The molecule has 3 heterocycles. The summed E-state index contributed by atoms with van der Waals surface area (Å²) in [5.74, 6) is 3.77. The van der Waals surface area contributed by atoms with Gasteiger partial charge in [-0.1, -0.05) is 5.92 Å². The molecule has 0 saturated carbocycles. The molecule has 2 N–H and O–H groups in total. The molecule has 0 aromatic carbocycles.